The quantitative estimate of drug-likeness (QED) is 0.297. The Labute approximate surface area is 202 Å². The lowest BCUT2D eigenvalue weighted by Crippen LogP contribution is -2.40. The van der Waals surface area contributed by atoms with E-state index in [0.29, 0.717) is 35.5 Å². The van der Waals surface area contributed by atoms with Gasteiger partial charge in [0.15, 0.2) is 0 Å². The Hall–Kier alpha value is -2.63. The van der Waals surface area contributed by atoms with Crippen LogP contribution in [0.15, 0.2) is 58.3 Å². The van der Waals surface area contributed by atoms with E-state index >= 15 is 0 Å². The van der Waals surface area contributed by atoms with Crippen LogP contribution >= 0.6 is 11.8 Å². The molecule has 0 unspecified atom stereocenters. The van der Waals surface area contributed by atoms with Crippen molar-refractivity contribution in [1.29, 1.82) is 0 Å². The van der Waals surface area contributed by atoms with E-state index in [1.165, 1.54) is 41.3 Å². The molecule has 2 aromatic rings. The molecule has 34 heavy (non-hydrogen) atoms. The van der Waals surface area contributed by atoms with Crippen molar-refractivity contribution in [3.8, 4) is 5.75 Å². The highest BCUT2D eigenvalue weighted by Crippen LogP contribution is 2.43. The molecule has 1 aliphatic rings. The number of hydrogen-bond donors (Lipinski definition) is 1. The van der Waals surface area contributed by atoms with Crippen molar-refractivity contribution in [1.82, 2.24) is 4.31 Å². The highest BCUT2D eigenvalue weighted by molar-refractivity contribution is 7.98. The number of hydrogen-bond acceptors (Lipinski definition) is 6. The predicted octanol–water partition coefficient (Wildman–Crippen LogP) is 5.15. The number of fused-ring (bicyclic) bond motifs is 1. The molecule has 0 radical (unpaired) electrons. The summed E-state index contributed by atoms with van der Waals surface area (Å²) in [5.74, 6) is -3.72. The fraction of sp³-hybridized carbons (Fsp3) is 0.348. The van der Waals surface area contributed by atoms with E-state index in [4.69, 9.17) is 9.84 Å². The van der Waals surface area contributed by atoms with E-state index in [1.54, 1.807) is 24.5 Å². The maximum absolute atomic E-state index is 13.6. The number of anilines is 2. The van der Waals surface area contributed by atoms with E-state index in [1.807, 2.05) is 11.8 Å². The fourth-order valence-electron chi connectivity index (χ4n) is 3.72. The Morgan fingerprint density at radius 1 is 1.29 bits per heavy atom. The SMILES string of the molecule is CCCC[C@H]1CN(c2ccc(F)cc2)c2cc(SC)c(O/C=C(\F)C(=O)O)cc2S(=O)(=O)N1C. The van der Waals surface area contributed by atoms with Crippen LogP contribution in [0.2, 0.25) is 0 Å². The van der Waals surface area contributed by atoms with E-state index in [-0.39, 0.29) is 16.7 Å². The highest BCUT2D eigenvalue weighted by Gasteiger charge is 2.37. The summed E-state index contributed by atoms with van der Waals surface area (Å²) in [5.41, 5.74) is 0.990. The first-order valence-corrected chi connectivity index (χ1v) is 13.2. The first-order valence-electron chi connectivity index (χ1n) is 10.6. The third kappa shape index (κ3) is 5.37. The van der Waals surface area contributed by atoms with Crippen molar-refractivity contribution in [2.45, 2.75) is 42.0 Å². The number of nitrogens with zero attached hydrogens (tertiary/aromatic N) is 2. The van der Waals surface area contributed by atoms with Gasteiger partial charge in [0, 0.05) is 31.4 Å². The molecule has 7 nitrogen and oxygen atoms in total. The summed E-state index contributed by atoms with van der Waals surface area (Å²) in [6.07, 6.45) is 4.50. The number of aliphatic carboxylic acids is 1. The Kier molecular flexibility index (Phi) is 8.21. The first-order chi connectivity index (χ1) is 16.1. The topological polar surface area (TPSA) is 87.1 Å². The van der Waals surface area contributed by atoms with Gasteiger partial charge in [-0.05, 0) is 43.0 Å². The average molecular weight is 513 g/mol. The largest absolute Gasteiger partial charge is 0.476 e. The van der Waals surface area contributed by atoms with Gasteiger partial charge in [0.2, 0.25) is 15.9 Å². The number of carbonyl (C=O) groups is 1. The van der Waals surface area contributed by atoms with Crippen LogP contribution in [0.1, 0.15) is 26.2 Å². The zero-order valence-electron chi connectivity index (χ0n) is 19.0. The molecular weight excluding hydrogens is 486 g/mol. The molecule has 2 aromatic carbocycles. The van der Waals surface area contributed by atoms with Gasteiger partial charge < -0.3 is 14.7 Å². The molecule has 0 spiro atoms. The maximum atomic E-state index is 13.6. The van der Waals surface area contributed by atoms with Crippen molar-refractivity contribution >= 4 is 39.1 Å². The minimum Gasteiger partial charge on any atom is -0.476 e. The van der Waals surface area contributed by atoms with Crippen LogP contribution in [-0.4, -0.2) is 49.7 Å². The molecule has 1 N–H and O–H groups in total. The van der Waals surface area contributed by atoms with E-state index in [0.717, 1.165) is 12.8 Å². The Bertz CT molecular complexity index is 1190. The molecule has 1 aliphatic heterocycles. The van der Waals surface area contributed by atoms with Gasteiger partial charge in [0.05, 0.1) is 10.6 Å². The molecule has 11 heteroatoms. The zero-order chi connectivity index (χ0) is 25.0. The van der Waals surface area contributed by atoms with Crippen LogP contribution in [0, 0.1) is 5.82 Å². The van der Waals surface area contributed by atoms with Crippen LogP contribution in [0.4, 0.5) is 20.2 Å². The van der Waals surface area contributed by atoms with Crippen molar-refractivity contribution in [2.75, 3.05) is 24.7 Å². The second-order valence-electron chi connectivity index (χ2n) is 7.76. The van der Waals surface area contributed by atoms with Crippen LogP contribution in [0.5, 0.6) is 5.75 Å². The number of unbranched alkanes of at least 4 members (excludes halogenated alkanes) is 1. The normalized spacial score (nSPS) is 18.3. The molecule has 3 rings (SSSR count). The minimum atomic E-state index is -3.99. The van der Waals surface area contributed by atoms with Crippen LogP contribution in [0.25, 0.3) is 0 Å². The van der Waals surface area contributed by atoms with Gasteiger partial charge in [-0.3, -0.25) is 0 Å². The maximum Gasteiger partial charge on any atom is 0.368 e. The molecule has 0 bridgehead atoms. The molecule has 1 atom stereocenters. The Morgan fingerprint density at radius 2 is 1.97 bits per heavy atom. The minimum absolute atomic E-state index is 0.00527. The number of rotatable bonds is 8. The highest BCUT2D eigenvalue weighted by atomic mass is 32.2. The summed E-state index contributed by atoms with van der Waals surface area (Å²) in [5, 5.41) is 8.75. The lowest BCUT2D eigenvalue weighted by Gasteiger charge is -2.29. The third-order valence-corrected chi connectivity index (χ3v) is 8.32. The number of halogens is 2. The molecule has 184 valence electrons. The second-order valence-corrected chi connectivity index (χ2v) is 10.6. The lowest BCUT2D eigenvalue weighted by atomic mass is 10.1. The molecule has 0 saturated heterocycles. The van der Waals surface area contributed by atoms with Gasteiger partial charge in [0.1, 0.15) is 22.7 Å². The van der Waals surface area contributed by atoms with E-state index in [2.05, 4.69) is 0 Å². The smallest absolute Gasteiger partial charge is 0.368 e. The van der Waals surface area contributed by atoms with Gasteiger partial charge in [-0.2, -0.15) is 8.70 Å². The Morgan fingerprint density at radius 3 is 2.56 bits per heavy atom. The summed E-state index contributed by atoms with van der Waals surface area (Å²) in [6.45, 7) is 2.37. The number of carboxylic acid groups (broad SMARTS) is 1. The van der Waals surface area contributed by atoms with Crippen molar-refractivity contribution in [2.24, 2.45) is 0 Å². The first kappa shape index (κ1) is 26.0. The van der Waals surface area contributed by atoms with Gasteiger partial charge in [-0.1, -0.05) is 19.8 Å². The van der Waals surface area contributed by atoms with Crippen LogP contribution < -0.4 is 9.64 Å². The third-order valence-electron chi connectivity index (χ3n) is 5.62. The average Bonchev–Trinajstić information content (AvgIpc) is 2.89. The molecule has 0 fully saturated rings. The molecule has 0 aliphatic carbocycles. The van der Waals surface area contributed by atoms with E-state index < -0.39 is 27.6 Å². The summed E-state index contributed by atoms with van der Waals surface area (Å²) in [7, 11) is -2.48. The summed E-state index contributed by atoms with van der Waals surface area (Å²) >= 11 is 1.23. The molecular formula is C23H26F2N2O5S2. The van der Waals surface area contributed by atoms with Gasteiger partial charge in [-0.25, -0.2) is 17.6 Å². The Balaban J connectivity index is 2.22. The van der Waals surface area contributed by atoms with Crippen molar-refractivity contribution < 1.29 is 31.8 Å². The van der Waals surface area contributed by atoms with E-state index in [9.17, 15) is 22.0 Å². The van der Waals surface area contributed by atoms with Gasteiger partial charge in [-0.15, -0.1) is 11.8 Å². The van der Waals surface area contributed by atoms with Gasteiger partial charge >= 0.3 is 5.97 Å². The van der Waals surface area contributed by atoms with Gasteiger partial charge in [0.25, 0.3) is 0 Å². The molecule has 0 amide bonds. The molecule has 0 aromatic heterocycles. The molecule has 1 heterocycles. The summed E-state index contributed by atoms with van der Waals surface area (Å²) in [6, 6.07) is 8.33. The number of sulfonamides is 1. The number of likely N-dealkylation sites (N-methyl/N-ethyl adjacent to an activating group) is 1. The second kappa shape index (κ2) is 10.7. The standard InChI is InChI=1S/C23H26F2N2O5S2/c1-4-5-6-17-13-27(16-9-7-15(24)8-10-16)19-11-21(33-3)20(32-14-18(25)23(28)29)12-22(19)34(30,31)26(17)2/h7-12,14,17H,4-6,13H2,1-3H3,(H,28,29)/b18-14-/t17-/m0/s1. The molecule has 0 saturated carbocycles. The predicted molar refractivity (Wildman–Crippen MR) is 127 cm³/mol. The summed E-state index contributed by atoms with van der Waals surface area (Å²) < 4.78 is 60.9. The van der Waals surface area contributed by atoms with Crippen LogP contribution in [0.3, 0.4) is 0 Å². The monoisotopic (exact) mass is 512 g/mol. The van der Waals surface area contributed by atoms with Crippen molar-refractivity contribution in [3.05, 3.63) is 54.3 Å². The number of benzene rings is 2. The van der Waals surface area contributed by atoms with Crippen LogP contribution in [-0.2, 0) is 14.8 Å². The number of carboxylic acids is 1. The summed E-state index contributed by atoms with van der Waals surface area (Å²) in [4.78, 5) is 13.0. The fourth-order valence-corrected chi connectivity index (χ4v) is 5.82. The lowest BCUT2D eigenvalue weighted by molar-refractivity contribution is -0.134. The number of ether oxygens (including phenoxy) is 1. The number of thioether (sulfide) groups is 1. The van der Waals surface area contributed by atoms with Crippen molar-refractivity contribution in [3.63, 3.8) is 0 Å². The zero-order valence-corrected chi connectivity index (χ0v) is 20.6.